The number of hydrogen-bond acceptors (Lipinski definition) is 7. The minimum atomic E-state index is -3.68. The lowest BCUT2D eigenvalue weighted by molar-refractivity contribution is 0.421. The molecule has 1 aromatic carbocycles. The van der Waals surface area contributed by atoms with Crippen molar-refractivity contribution in [1.29, 1.82) is 0 Å². The van der Waals surface area contributed by atoms with Crippen LogP contribution in [0, 0.1) is 5.82 Å². The summed E-state index contributed by atoms with van der Waals surface area (Å²) in [5.74, 6) is -0.288. The van der Waals surface area contributed by atoms with Crippen LogP contribution in [0.15, 0.2) is 63.1 Å². The number of nitrogens with one attached hydrogen (secondary N) is 1. The molecule has 5 rings (SSSR count). The first-order valence-corrected chi connectivity index (χ1v) is 11.0. The average Bonchev–Trinajstić information content (AvgIpc) is 3.32. The number of sulfone groups is 1. The Morgan fingerprint density at radius 3 is 2.68 bits per heavy atom. The highest BCUT2D eigenvalue weighted by molar-refractivity contribution is 7.92. The molecule has 0 unspecified atom stereocenters. The Morgan fingerprint density at radius 2 is 2.00 bits per heavy atom. The number of hydrogen-bond donors (Lipinski definition) is 1. The topological polar surface area (TPSA) is 124 Å². The molecule has 3 aromatic heterocycles. The monoisotopic (exact) mass is 441 g/mol. The molecule has 0 aliphatic heterocycles. The number of rotatable bonds is 6. The normalized spacial score (nSPS) is 14.1. The number of benzene rings is 1. The van der Waals surface area contributed by atoms with E-state index in [0.717, 1.165) is 6.20 Å². The molecule has 0 saturated heterocycles. The summed E-state index contributed by atoms with van der Waals surface area (Å²) in [7, 11) is -3.68. The van der Waals surface area contributed by atoms with Crippen LogP contribution in [-0.4, -0.2) is 38.6 Å². The van der Waals surface area contributed by atoms with Gasteiger partial charge in [-0.05, 0) is 25.0 Å². The molecule has 1 aliphatic carbocycles. The Labute approximate surface area is 175 Å². The van der Waals surface area contributed by atoms with E-state index in [1.54, 1.807) is 30.3 Å². The molecule has 1 aliphatic rings. The fourth-order valence-electron chi connectivity index (χ4n) is 3.27. The first-order chi connectivity index (χ1) is 14.9. The molecule has 0 amide bonds. The van der Waals surface area contributed by atoms with Gasteiger partial charge in [0.05, 0.1) is 23.7 Å². The van der Waals surface area contributed by atoms with Gasteiger partial charge in [-0.1, -0.05) is 23.4 Å². The Bertz CT molecular complexity index is 1420. The summed E-state index contributed by atoms with van der Waals surface area (Å²) in [4.78, 5) is 18.7. The van der Waals surface area contributed by atoms with E-state index in [2.05, 4.69) is 20.2 Å². The largest absolute Gasteiger partial charge is 0.364 e. The lowest BCUT2D eigenvalue weighted by Crippen LogP contribution is -2.21. The summed E-state index contributed by atoms with van der Waals surface area (Å²) >= 11 is 0. The zero-order chi connectivity index (χ0) is 21.6. The van der Waals surface area contributed by atoms with Crippen LogP contribution in [0.1, 0.15) is 18.4 Å². The van der Waals surface area contributed by atoms with Gasteiger partial charge in [0.15, 0.2) is 20.6 Å². The second-order valence-electron chi connectivity index (χ2n) is 7.22. The number of aromatic amines is 1. The summed E-state index contributed by atoms with van der Waals surface area (Å²) in [5.41, 5.74) is 0.925. The van der Waals surface area contributed by atoms with Crippen LogP contribution in [0.5, 0.6) is 0 Å². The molecule has 1 fully saturated rings. The van der Waals surface area contributed by atoms with Crippen LogP contribution in [0.2, 0.25) is 0 Å². The van der Waals surface area contributed by atoms with Gasteiger partial charge < -0.3 is 9.51 Å². The zero-order valence-electron chi connectivity index (χ0n) is 16.0. The van der Waals surface area contributed by atoms with Crippen LogP contribution < -0.4 is 5.56 Å². The second kappa shape index (κ2) is 7.27. The lowest BCUT2D eigenvalue weighted by atomic mass is 10.2. The first-order valence-electron chi connectivity index (χ1n) is 9.49. The number of aromatic nitrogens is 5. The lowest BCUT2D eigenvalue weighted by Gasteiger charge is -2.06. The standard InChI is InChI=1S/C20H16FN5O4S/c21-14-4-2-1-3-12(14)11-26-17(15-7-8-30-25-15)9-16(24-26)19-22-10-18(20(27)23-19)31(28,29)13-5-6-13/h1-4,7-10,13H,5-6,11H2,(H,22,23,27). The highest BCUT2D eigenvalue weighted by Crippen LogP contribution is 2.32. The van der Waals surface area contributed by atoms with Gasteiger partial charge in [0, 0.05) is 11.6 Å². The molecule has 11 heteroatoms. The summed E-state index contributed by atoms with van der Waals surface area (Å²) < 4.78 is 45.3. The summed E-state index contributed by atoms with van der Waals surface area (Å²) in [6.45, 7) is 0.104. The maximum Gasteiger partial charge on any atom is 0.270 e. The maximum absolute atomic E-state index is 14.2. The second-order valence-corrected chi connectivity index (χ2v) is 9.41. The molecule has 3 heterocycles. The quantitative estimate of drug-likeness (QED) is 0.487. The SMILES string of the molecule is O=c1[nH]c(-c2cc(-c3ccon3)n(Cc3ccccc3F)n2)ncc1S(=O)(=O)C1CC1. The van der Waals surface area contributed by atoms with Crippen LogP contribution in [0.25, 0.3) is 22.9 Å². The highest BCUT2D eigenvalue weighted by atomic mass is 32.2. The van der Waals surface area contributed by atoms with E-state index in [1.165, 1.54) is 17.0 Å². The molecule has 158 valence electrons. The predicted octanol–water partition coefficient (Wildman–Crippen LogP) is 2.41. The Balaban J connectivity index is 1.56. The van der Waals surface area contributed by atoms with E-state index in [1.807, 2.05) is 0 Å². The first kappa shape index (κ1) is 19.4. The van der Waals surface area contributed by atoms with Crippen molar-refractivity contribution in [3.63, 3.8) is 0 Å². The van der Waals surface area contributed by atoms with Gasteiger partial charge in [0.2, 0.25) is 0 Å². The molecular formula is C20H16FN5O4S. The third-order valence-electron chi connectivity index (χ3n) is 5.04. The summed E-state index contributed by atoms with van der Waals surface area (Å²) in [6.07, 6.45) is 3.55. The van der Waals surface area contributed by atoms with Crippen molar-refractivity contribution in [2.24, 2.45) is 0 Å². The van der Waals surface area contributed by atoms with Gasteiger partial charge >= 0.3 is 0 Å². The fraction of sp³-hybridized carbons (Fsp3) is 0.200. The molecule has 0 radical (unpaired) electrons. The maximum atomic E-state index is 14.2. The van der Waals surface area contributed by atoms with Crippen molar-refractivity contribution in [3.05, 3.63) is 70.6 Å². The van der Waals surface area contributed by atoms with Gasteiger partial charge in [-0.3, -0.25) is 9.48 Å². The van der Waals surface area contributed by atoms with Crippen molar-refractivity contribution in [3.8, 4) is 22.9 Å². The van der Waals surface area contributed by atoms with E-state index < -0.39 is 20.6 Å². The van der Waals surface area contributed by atoms with E-state index in [9.17, 15) is 17.6 Å². The van der Waals surface area contributed by atoms with Crippen molar-refractivity contribution in [2.45, 2.75) is 29.5 Å². The van der Waals surface area contributed by atoms with Crippen molar-refractivity contribution < 1.29 is 17.3 Å². The molecule has 31 heavy (non-hydrogen) atoms. The van der Waals surface area contributed by atoms with E-state index in [0.29, 0.717) is 29.8 Å². The van der Waals surface area contributed by atoms with Gasteiger partial charge in [-0.2, -0.15) is 5.10 Å². The number of nitrogens with zero attached hydrogens (tertiary/aromatic N) is 4. The zero-order valence-corrected chi connectivity index (χ0v) is 16.8. The minimum absolute atomic E-state index is 0.0942. The molecular weight excluding hydrogens is 425 g/mol. The third kappa shape index (κ3) is 3.56. The molecule has 1 saturated carbocycles. The van der Waals surface area contributed by atoms with Crippen LogP contribution in [-0.2, 0) is 16.4 Å². The van der Waals surface area contributed by atoms with E-state index in [4.69, 9.17) is 4.52 Å². The predicted molar refractivity (Wildman–Crippen MR) is 107 cm³/mol. The molecule has 1 N–H and O–H groups in total. The highest BCUT2D eigenvalue weighted by Gasteiger charge is 2.38. The number of H-pyrrole nitrogens is 1. The third-order valence-corrected chi connectivity index (χ3v) is 7.29. The molecule has 9 nitrogen and oxygen atoms in total. The van der Waals surface area contributed by atoms with Crippen LogP contribution >= 0.6 is 0 Å². The van der Waals surface area contributed by atoms with E-state index >= 15 is 0 Å². The number of halogens is 1. The molecule has 0 atom stereocenters. The fourth-order valence-corrected chi connectivity index (χ4v) is 4.89. The van der Waals surface area contributed by atoms with Crippen molar-refractivity contribution in [2.75, 3.05) is 0 Å². The van der Waals surface area contributed by atoms with Crippen LogP contribution in [0.4, 0.5) is 4.39 Å². The van der Waals surface area contributed by atoms with Crippen molar-refractivity contribution >= 4 is 9.84 Å². The van der Waals surface area contributed by atoms with Gasteiger partial charge in [0.1, 0.15) is 23.5 Å². The summed E-state index contributed by atoms with van der Waals surface area (Å²) in [5, 5.41) is 7.83. The van der Waals surface area contributed by atoms with E-state index in [-0.39, 0.29) is 28.8 Å². The Morgan fingerprint density at radius 1 is 1.19 bits per heavy atom. The smallest absolute Gasteiger partial charge is 0.270 e. The molecule has 0 bridgehead atoms. The van der Waals surface area contributed by atoms with Gasteiger partial charge in [0.25, 0.3) is 5.56 Å². The van der Waals surface area contributed by atoms with Gasteiger partial charge in [-0.25, -0.2) is 17.8 Å². The summed E-state index contributed by atoms with van der Waals surface area (Å²) in [6, 6.07) is 9.55. The Hall–Kier alpha value is -3.60. The molecule has 4 aromatic rings. The molecule has 0 spiro atoms. The average molecular weight is 441 g/mol. The van der Waals surface area contributed by atoms with Crippen molar-refractivity contribution in [1.82, 2.24) is 24.9 Å². The van der Waals surface area contributed by atoms with Gasteiger partial charge in [-0.15, -0.1) is 0 Å². The Kier molecular flexibility index (Phi) is 4.54. The van der Waals surface area contributed by atoms with Crippen LogP contribution in [0.3, 0.4) is 0 Å². The minimum Gasteiger partial charge on any atom is -0.364 e.